The van der Waals surface area contributed by atoms with Gasteiger partial charge in [-0.05, 0) is 25.5 Å². The summed E-state index contributed by atoms with van der Waals surface area (Å²) in [4.78, 5) is 42.6. The Labute approximate surface area is 173 Å². The summed E-state index contributed by atoms with van der Waals surface area (Å²) >= 11 is 0. The van der Waals surface area contributed by atoms with Gasteiger partial charge in [-0.15, -0.1) is 5.10 Å². The molecule has 0 saturated carbocycles. The monoisotopic (exact) mass is 416 g/mol. The molecule has 3 rings (SSSR count). The number of carboxylic acid groups (broad SMARTS) is 1. The molecule has 0 spiro atoms. The first-order chi connectivity index (χ1) is 14.5. The van der Waals surface area contributed by atoms with Crippen molar-refractivity contribution in [2.75, 3.05) is 32.8 Å². The van der Waals surface area contributed by atoms with Gasteiger partial charge in [0.15, 0.2) is 0 Å². The van der Waals surface area contributed by atoms with E-state index in [2.05, 4.69) is 15.3 Å². The molecule has 0 bridgehead atoms. The van der Waals surface area contributed by atoms with Crippen molar-refractivity contribution in [1.82, 2.24) is 29.8 Å². The van der Waals surface area contributed by atoms with Gasteiger partial charge in [0, 0.05) is 39.0 Å². The lowest BCUT2D eigenvalue weighted by Gasteiger charge is -2.21. The Morgan fingerprint density at radius 3 is 2.60 bits per heavy atom. The van der Waals surface area contributed by atoms with Crippen LogP contribution in [0.15, 0.2) is 24.5 Å². The second-order valence-corrected chi connectivity index (χ2v) is 6.78. The molecule has 11 nitrogen and oxygen atoms in total. The number of nitrogens with zero attached hydrogens (tertiary/aromatic N) is 6. The molecule has 160 valence electrons. The number of amides is 2. The molecule has 0 radical (unpaired) electrons. The van der Waals surface area contributed by atoms with Gasteiger partial charge >= 0.3 is 12.1 Å². The van der Waals surface area contributed by atoms with Crippen molar-refractivity contribution in [3.05, 3.63) is 35.9 Å². The van der Waals surface area contributed by atoms with Crippen LogP contribution in [-0.4, -0.2) is 85.6 Å². The smallest absolute Gasteiger partial charge is 0.409 e. The van der Waals surface area contributed by atoms with E-state index >= 15 is 0 Å². The van der Waals surface area contributed by atoms with E-state index in [1.165, 1.54) is 16.9 Å². The van der Waals surface area contributed by atoms with Crippen LogP contribution in [0.25, 0.3) is 5.69 Å². The highest BCUT2D eigenvalue weighted by Gasteiger charge is 2.22. The van der Waals surface area contributed by atoms with E-state index in [9.17, 15) is 14.4 Å². The van der Waals surface area contributed by atoms with Crippen LogP contribution in [0.2, 0.25) is 0 Å². The van der Waals surface area contributed by atoms with Crippen LogP contribution in [0, 0.1) is 0 Å². The maximum absolute atomic E-state index is 12.6. The molecule has 0 aromatic carbocycles. The Hall–Kier alpha value is -3.50. The quantitative estimate of drug-likeness (QED) is 0.737. The molecular formula is C19H24N6O5. The minimum Gasteiger partial charge on any atom is -0.477 e. The number of aromatic nitrogens is 4. The van der Waals surface area contributed by atoms with Crippen LogP contribution in [0.1, 0.15) is 35.9 Å². The molecule has 0 atom stereocenters. The largest absolute Gasteiger partial charge is 0.477 e. The number of aryl methyl sites for hydroxylation is 1. The second kappa shape index (κ2) is 9.81. The van der Waals surface area contributed by atoms with E-state index in [0.717, 1.165) is 0 Å². The summed E-state index contributed by atoms with van der Waals surface area (Å²) in [5.74, 6) is -1.10. The van der Waals surface area contributed by atoms with Crippen molar-refractivity contribution >= 4 is 18.0 Å². The first-order valence-electron chi connectivity index (χ1n) is 9.78. The first-order valence-corrected chi connectivity index (χ1v) is 9.78. The summed E-state index contributed by atoms with van der Waals surface area (Å²) in [6.07, 6.45) is 4.18. The van der Waals surface area contributed by atoms with E-state index in [1.807, 2.05) is 0 Å². The van der Waals surface area contributed by atoms with Crippen molar-refractivity contribution in [3.8, 4) is 5.69 Å². The van der Waals surface area contributed by atoms with Gasteiger partial charge in [0.2, 0.25) is 5.91 Å². The number of hydrogen-bond acceptors (Lipinski definition) is 7. The van der Waals surface area contributed by atoms with Gasteiger partial charge in [0.25, 0.3) is 0 Å². The number of carbonyl (C=O) groups excluding carboxylic acids is 2. The number of pyridine rings is 1. The van der Waals surface area contributed by atoms with Crippen molar-refractivity contribution in [3.63, 3.8) is 0 Å². The van der Waals surface area contributed by atoms with Crippen molar-refractivity contribution in [1.29, 1.82) is 0 Å². The zero-order valence-corrected chi connectivity index (χ0v) is 16.7. The van der Waals surface area contributed by atoms with Crippen LogP contribution in [0.4, 0.5) is 4.79 Å². The Morgan fingerprint density at radius 1 is 1.13 bits per heavy atom. The first kappa shape index (κ1) is 21.2. The van der Waals surface area contributed by atoms with E-state index in [1.54, 1.807) is 29.0 Å². The van der Waals surface area contributed by atoms with E-state index in [-0.39, 0.29) is 24.1 Å². The van der Waals surface area contributed by atoms with Gasteiger partial charge in [-0.3, -0.25) is 4.79 Å². The lowest BCUT2D eigenvalue weighted by Crippen LogP contribution is -2.37. The van der Waals surface area contributed by atoms with E-state index < -0.39 is 5.97 Å². The molecule has 2 aromatic rings. The molecule has 11 heteroatoms. The predicted molar refractivity (Wildman–Crippen MR) is 104 cm³/mol. The summed E-state index contributed by atoms with van der Waals surface area (Å²) in [6.45, 7) is 4.21. The van der Waals surface area contributed by atoms with Gasteiger partial charge in [0.1, 0.15) is 5.69 Å². The molecule has 0 unspecified atom stereocenters. The number of rotatable bonds is 6. The minimum atomic E-state index is -1.10. The molecule has 1 N–H and O–H groups in total. The molecule has 3 heterocycles. The minimum absolute atomic E-state index is 0.00253. The molecule has 1 aliphatic rings. The Balaban J connectivity index is 1.51. The summed E-state index contributed by atoms with van der Waals surface area (Å²) in [5.41, 5.74) is 1.17. The maximum atomic E-state index is 12.6. The third-order valence-corrected chi connectivity index (χ3v) is 4.74. The number of carbonyl (C=O) groups is 3. The van der Waals surface area contributed by atoms with E-state index in [0.29, 0.717) is 57.0 Å². The molecular weight excluding hydrogens is 392 g/mol. The Morgan fingerprint density at radius 2 is 1.90 bits per heavy atom. The van der Waals surface area contributed by atoms with Gasteiger partial charge < -0.3 is 19.6 Å². The second-order valence-electron chi connectivity index (χ2n) is 6.78. The zero-order valence-electron chi connectivity index (χ0n) is 16.7. The summed E-state index contributed by atoms with van der Waals surface area (Å²) in [7, 11) is 0. The van der Waals surface area contributed by atoms with Crippen LogP contribution >= 0.6 is 0 Å². The van der Waals surface area contributed by atoms with Crippen molar-refractivity contribution in [2.45, 2.75) is 26.2 Å². The maximum Gasteiger partial charge on any atom is 0.409 e. The number of aromatic carboxylic acids is 1. The predicted octanol–water partition coefficient (Wildman–Crippen LogP) is 0.984. The number of hydrogen-bond donors (Lipinski definition) is 1. The Bertz CT molecular complexity index is 897. The zero-order chi connectivity index (χ0) is 21.5. The third kappa shape index (κ3) is 5.31. The molecule has 0 aliphatic carbocycles. The highest BCUT2D eigenvalue weighted by molar-refractivity contribution is 5.85. The van der Waals surface area contributed by atoms with Crippen LogP contribution in [0.3, 0.4) is 0 Å². The molecule has 1 saturated heterocycles. The standard InChI is InChI=1S/C19H24N6O5/c1-2-30-19(29)24-9-3-8-23(10-11-24)17(26)7-4-14-13-25(22-21-14)15-5-6-16(18(27)28)20-12-15/h5-6,12-13H,2-4,7-11H2,1H3,(H,27,28). The fraction of sp³-hybridized carbons (Fsp3) is 0.474. The fourth-order valence-electron chi connectivity index (χ4n) is 3.14. The average molecular weight is 416 g/mol. The summed E-state index contributed by atoms with van der Waals surface area (Å²) < 4.78 is 6.52. The number of ether oxygens (including phenoxy) is 1. The highest BCUT2D eigenvalue weighted by Crippen LogP contribution is 2.10. The molecule has 1 aliphatic heterocycles. The van der Waals surface area contributed by atoms with Gasteiger partial charge in [0.05, 0.1) is 30.4 Å². The van der Waals surface area contributed by atoms with Crippen LogP contribution in [0.5, 0.6) is 0 Å². The lowest BCUT2D eigenvalue weighted by atomic mass is 10.2. The van der Waals surface area contributed by atoms with Crippen LogP contribution < -0.4 is 0 Å². The molecule has 1 fully saturated rings. The van der Waals surface area contributed by atoms with Crippen molar-refractivity contribution < 1.29 is 24.2 Å². The Kier molecular flexibility index (Phi) is 6.94. The third-order valence-electron chi connectivity index (χ3n) is 4.74. The highest BCUT2D eigenvalue weighted by atomic mass is 16.6. The van der Waals surface area contributed by atoms with Crippen molar-refractivity contribution in [2.24, 2.45) is 0 Å². The summed E-state index contributed by atoms with van der Waals surface area (Å²) in [5, 5.41) is 17.0. The van der Waals surface area contributed by atoms with Crippen LogP contribution in [-0.2, 0) is 16.0 Å². The molecule has 2 aromatic heterocycles. The van der Waals surface area contributed by atoms with Gasteiger partial charge in [-0.1, -0.05) is 5.21 Å². The van der Waals surface area contributed by atoms with Gasteiger partial charge in [-0.2, -0.15) is 0 Å². The summed E-state index contributed by atoms with van der Waals surface area (Å²) in [6, 6.07) is 2.98. The molecule has 2 amide bonds. The number of carboxylic acids is 1. The lowest BCUT2D eigenvalue weighted by molar-refractivity contribution is -0.131. The van der Waals surface area contributed by atoms with E-state index in [4.69, 9.17) is 9.84 Å². The normalized spacial score (nSPS) is 14.3. The van der Waals surface area contributed by atoms with Gasteiger partial charge in [-0.25, -0.2) is 19.3 Å². The average Bonchev–Trinajstić information content (AvgIpc) is 3.08. The topological polar surface area (TPSA) is 131 Å². The molecule has 30 heavy (non-hydrogen) atoms. The SMILES string of the molecule is CCOC(=O)N1CCCN(C(=O)CCc2cn(-c3ccc(C(=O)O)nc3)nn2)CC1. The fourth-order valence-corrected chi connectivity index (χ4v) is 3.14.